The van der Waals surface area contributed by atoms with Crippen molar-refractivity contribution in [2.24, 2.45) is 0 Å². The number of nitrogens with zero attached hydrogens (tertiary/aromatic N) is 4. The fraction of sp³-hybridized carbons (Fsp3) is 0.143. The second kappa shape index (κ2) is 7.48. The summed E-state index contributed by atoms with van der Waals surface area (Å²) >= 11 is 0. The molecule has 1 amide bonds. The summed E-state index contributed by atoms with van der Waals surface area (Å²) in [6.45, 7) is 2.16. The molecule has 2 aromatic heterocycles. The average Bonchev–Trinajstić information content (AvgIpc) is 3.19. The number of para-hydroxylation sites is 2. The van der Waals surface area contributed by atoms with E-state index in [1.807, 2.05) is 55.6 Å². The SMILES string of the molecule is Cc1cccc2c(=O)n(CC(=O)NCc3cnn(-c4ccccc4)c3)cnc12. The van der Waals surface area contributed by atoms with Crippen LogP contribution in [0.2, 0.25) is 0 Å². The van der Waals surface area contributed by atoms with Crippen LogP contribution in [0.25, 0.3) is 16.6 Å². The second-order valence-corrected chi connectivity index (χ2v) is 6.55. The molecule has 0 aliphatic rings. The second-order valence-electron chi connectivity index (χ2n) is 6.55. The van der Waals surface area contributed by atoms with Crippen molar-refractivity contribution in [2.75, 3.05) is 0 Å². The number of carbonyl (C=O) groups is 1. The zero-order valence-corrected chi connectivity index (χ0v) is 15.4. The quantitative estimate of drug-likeness (QED) is 0.581. The Labute approximate surface area is 161 Å². The molecule has 0 radical (unpaired) electrons. The molecule has 2 aromatic carbocycles. The van der Waals surface area contributed by atoms with Crippen molar-refractivity contribution in [3.8, 4) is 5.69 Å². The van der Waals surface area contributed by atoms with Crippen LogP contribution in [0.4, 0.5) is 0 Å². The number of fused-ring (bicyclic) bond motifs is 1. The average molecular weight is 373 g/mol. The van der Waals surface area contributed by atoms with E-state index in [1.54, 1.807) is 16.9 Å². The summed E-state index contributed by atoms with van der Waals surface area (Å²) in [5, 5.41) is 7.64. The lowest BCUT2D eigenvalue weighted by Crippen LogP contribution is -2.32. The molecule has 28 heavy (non-hydrogen) atoms. The number of amides is 1. The number of benzene rings is 2. The summed E-state index contributed by atoms with van der Waals surface area (Å²) in [5.74, 6) is -0.261. The highest BCUT2D eigenvalue weighted by Crippen LogP contribution is 2.11. The first kappa shape index (κ1) is 17.7. The van der Waals surface area contributed by atoms with Gasteiger partial charge in [0.25, 0.3) is 5.56 Å². The first-order valence-electron chi connectivity index (χ1n) is 8.92. The smallest absolute Gasteiger partial charge is 0.261 e. The van der Waals surface area contributed by atoms with Crippen molar-refractivity contribution in [2.45, 2.75) is 20.0 Å². The molecule has 7 nitrogen and oxygen atoms in total. The zero-order chi connectivity index (χ0) is 19.5. The monoisotopic (exact) mass is 373 g/mol. The predicted octanol–water partition coefficient (Wildman–Crippen LogP) is 2.21. The third-order valence-electron chi connectivity index (χ3n) is 4.52. The molecule has 2 heterocycles. The van der Waals surface area contributed by atoms with E-state index < -0.39 is 0 Å². The maximum absolute atomic E-state index is 12.6. The topological polar surface area (TPSA) is 81.8 Å². The molecule has 0 unspecified atom stereocenters. The molecule has 0 bridgehead atoms. The molecule has 0 aliphatic heterocycles. The zero-order valence-electron chi connectivity index (χ0n) is 15.4. The van der Waals surface area contributed by atoms with E-state index in [9.17, 15) is 9.59 Å². The lowest BCUT2D eigenvalue weighted by molar-refractivity contribution is -0.121. The maximum atomic E-state index is 12.6. The highest BCUT2D eigenvalue weighted by atomic mass is 16.2. The van der Waals surface area contributed by atoms with Gasteiger partial charge < -0.3 is 5.32 Å². The minimum absolute atomic E-state index is 0.0808. The lowest BCUT2D eigenvalue weighted by atomic mass is 10.1. The van der Waals surface area contributed by atoms with Gasteiger partial charge in [-0.3, -0.25) is 14.2 Å². The summed E-state index contributed by atoms with van der Waals surface area (Å²) in [6.07, 6.45) is 4.99. The maximum Gasteiger partial charge on any atom is 0.261 e. The van der Waals surface area contributed by atoms with Crippen LogP contribution in [-0.4, -0.2) is 25.2 Å². The van der Waals surface area contributed by atoms with Crippen molar-refractivity contribution in [3.05, 3.63) is 88.7 Å². The number of nitrogens with one attached hydrogen (secondary N) is 1. The third-order valence-corrected chi connectivity index (χ3v) is 4.52. The van der Waals surface area contributed by atoms with E-state index in [0.717, 1.165) is 16.8 Å². The Hall–Kier alpha value is -3.74. The van der Waals surface area contributed by atoms with Crippen LogP contribution in [-0.2, 0) is 17.9 Å². The Morgan fingerprint density at radius 2 is 1.93 bits per heavy atom. The third kappa shape index (κ3) is 3.55. The number of carbonyl (C=O) groups excluding carboxylic acids is 1. The van der Waals surface area contributed by atoms with Crippen molar-refractivity contribution in [1.82, 2.24) is 24.6 Å². The van der Waals surface area contributed by atoms with Crippen molar-refractivity contribution in [3.63, 3.8) is 0 Å². The Morgan fingerprint density at radius 3 is 2.75 bits per heavy atom. The van der Waals surface area contributed by atoms with E-state index in [-0.39, 0.29) is 18.0 Å². The minimum atomic E-state index is -0.261. The van der Waals surface area contributed by atoms with Gasteiger partial charge in [0, 0.05) is 18.3 Å². The molecule has 4 rings (SSSR count). The first-order chi connectivity index (χ1) is 13.6. The first-order valence-corrected chi connectivity index (χ1v) is 8.92. The molecule has 0 aliphatic carbocycles. The van der Waals surface area contributed by atoms with Gasteiger partial charge >= 0.3 is 0 Å². The van der Waals surface area contributed by atoms with Crippen molar-refractivity contribution < 1.29 is 4.79 Å². The van der Waals surface area contributed by atoms with Gasteiger partial charge in [0.15, 0.2) is 0 Å². The molecule has 0 fully saturated rings. The van der Waals surface area contributed by atoms with Gasteiger partial charge in [-0.15, -0.1) is 0 Å². The summed E-state index contributed by atoms with van der Waals surface area (Å²) in [5.41, 5.74) is 3.20. The van der Waals surface area contributed by atoms with Gasteiger partial charge in [0.05, 0.1) is 29.1 Å². The van der Waals surface area contributed by atoms with Crippen LogP contribution in [0.1, 0.15) is 11.1 Å². The summed E-state index contributed by atoms with van der Waals surface area (Å²) in [7, 11) is 0. The van der Waals surface area contributed by atoms with Gasteiger partial charge in [-0.05, 0) is 30.7 Å². The largest absolute Gasteiger partial charge is 0.350 e. The van der Waals surface area contributed by atoms with Gasteiger partial charge in [0.1, 0.15) is 6.54 Å². The van der Waals surface area contributed by atoms with Crippen LogP contribution in [0.3, 0.4) is 0 Å². The molecule has 0 atom stereocenters. The van der Waals surface area contributed by atoms with E-state index in [0.29, 0.717) is 17.4 Å². The minimum Gasteiger partial charge on any atom is -0.350 e. The Balaban J connectivity index is 1.43. The molecule has 0 saturated heterocycles. The Morgan fingerprint density at radius 1 is 1.11 bits per heavy atom. The molecule has 140 valence electrons. The van der Waals surface area contributed by atoms with Crippen LogP contribution in [0, 0.1) is 6.92 Å². The number of aromatic nitrogens is 4. The van der Waals surface area contributed by atoms with Gasteiger partial charge in [-0.25, -0.2) is 9.67 Å². The van der Waals surface area contributed by atoms with Crippen molar-refractivity contribution >= 4 is 16.8 Å². The van der Waals surface area contributed by atoms with E-state index in [2.05, 4.69) is 15.4 Å². The molecule has 4 aromatic rings. The molecule has 0 saturated carbocycles. The van der Waals surface area contributed by atoms with E-state index in [4.69, 9.17) is 0 Å². The van der Waals surface area contributed by atoms with E-state index >= 15 is 0 Å². The molecular weight excluding hydrogens is 354 g/mol. The lowest BCUT2D eigenvalue weighted by Gasteiger charge is -2.08. The van der Waals surface area contributed by atoms with Gasteiger partial charge in [0.2, 0.25) is 5.91 Å². The fourth-order valence-corrected chi connectivity index (χ4v) is 3.03. The Bertz CT molecular complexity index is 1190. The van der Waals surface area contributed by atoms with Crippen LogP contribution in [0.15, 0.2) is 72.0 Å². The molecule has 0 spiro atoms. The summed E-state index contributed by atoms with van der Waals surface area (Å²) in [4.78, 5) is 29.2. The van der Waals surface area contributed by atoms with Crippen molar-refractivity contribution in [1.29, 1.82) is 0 Å². The molecule has 7 heteroatoms. The highest BCUT2D eigenvalue weighted by molar-refractivity contribution is 5.81. The number of rotatable bonds is 5. The fourth-order valence-electron chi connectivity index (χ4n) is 3.03. The summed E-state index contributed by atoms with van der Waals surface area (Å²) < 4.78 is 3.08. The van der Waals surface area contributed by atoms with Crippen LogP contribution >= 0.6 is 0 Å². The summed E-state index contributed by atoms with van der Waals surface area (Å²) in [6, 6.07) is 15.2. The molecule has 1 N–H and O–H groups in total. The van der Waals surface area contributed by atoms with Crippen LogP contribution in [0.5, 0.6) is 0 Å². The van der Waals surface area contributed by atoms with Gasteiger partial charge in [-0.2, -0.15) is 5.10 Å². The Kier molecular flexibility index (Phi) is 4.72. The normalized spacial score (nSPS) is 10.9. The highest BCUT2D eigenvalue weighted by Gasteiger charge is 2.10. The number of aryl methyl sites for hydroxylation is 1. The number of hydrogen-bond acceptors (Lipinski definition) is 4. The van der Waals surface area contributed by atoms with Crippen LogP contribution < -0.4 is 10.9 Å². The predicted molar refractivity (Wildman–Crippen MR) is 106 cm³/mol. The molecular formula is C21H19N5O2. The van der Waals surface area contributed by atoms with Gasteiger partial charge in [-0.1, -0.05) is 30.3 Å². The standard InChI is InChI=1S/C21H19N5O2/c1-15-6-5-9-18-20(15)23-14-25(21(18)28)13-19(27)22-10-16-11-24-26(12-16)17-7-3-2-4-8-17/h2-9,11-12,14H,10,13H2,1H3,(H,22,27). The van der Waals surface area contributed by atoms with E-state index in [1.165, 1.54) is 10.9 Å². The number of hydrogen-bond donors (Lipinski definition) is 1.